The Morgan fingerprint density at radius 2 is 1.32 bits per heavy atom. The third kappa shape index (κ3) is 3.31. The lowest BCUT2D eigenvalue weighted by Crippen LogP contribution is -2.45. The third-order valence-electron chi connectivity index (χ3n) is 4.24. The summed E-state index contributed by atoms with van der Waals surface area (Å²) in [7, 11) is 2.03. The number of nitrogens with zero attached hydrogens (tertiary/aromatic N) is 1. The monoisotopic (exact) mass is 337 g/mol. The molecule has 0 amide bonds. The molecule has 0 aromatic heterocycles. The molecule has 1 N–H and O–H groups in total. The summed E-state index contributed by atoms with van der Waals surface area (Å²) in [6.07, 6.45) is 0.868. The molecule has 0 fully saturated rings. The van der Waals surface area contributed by atoms with Crippen LogP contribution in [0.3, 0.4) is 0 Å². The van der Waals surface area contributed by atoms with Crippen LogP contribution in [0.1, 0.15) is 24.5 Å². The summed E-state index contributed by atoms with van der Waals surface area (Å²) < 4.78 is 0. The van der Waals surface area contributed by atoms with Crippen molar-refractivity contribution in [2.24, 2.45) is 0 Å². The predicted octanol–water partition coefficient (Wildman–Crippen LogP) is 4.57. The highest BCUT2D eigenvalue weighted by atomic mass is 35.5. The molecule has 0 unspecified atom stereocenters. The summed E-state index contributed by atoms with van der Waals surface area (Å²) in [5.74, 6) is 0. The molecular weight excluding hydrogens is 317 g/mol. The van der Waals surface area contributed by atoms with E-state index in [0.717, 1.165) is 27.6 Å². The van der Waals surface area contributed by atoms with Crippen LogP contribution in [0.4, 0.5) is 0 Å². The molecule has 0 aliphatic rings. The molecule has 0 aliphatic heterocycles. The van der Waals surface area contributed by atoms with E-state index in [9.17, 15) is 5.11 Å². The van der Waals surface area contributed by atoms with Crippen molar-refractivity contribution in [2.45, 2.75) is 18.9 Å². The van der Waals surface area contributed by atoms with Gasteiger partial charge in [-0.25, -0.2) is 0 Å². The van der Waals surface area contributed by atoms with E-state index in [1.807, 2.05) is 55.6 Å². The van der Waals surface area contributed by atoms with Crippen molar-refractivity contribution in [1.29, 1.82) is 0 Å². The summed E-state index contributed by atoms with van der Waals surface area (Å²) in [5.41, 5.74) is 1.98. The average Bonchev–Trinajstić information content (AvgIpc) is 2.52. The van der Waals surface area contributed by atoms with E-state index >= 15 is 0 Å². The molecule has 0 bridgehead atoms. The molecule has 118 valence electrons. The maximum atomic E-state index is 9.39. The van der Waals surface area contributed by atoms with Crippen molar-refractivity contribution in [3.05, 3.63) is 69.7 Å². The first-order chi connectivity index (χ1) is 10.5. The smallest absolute Gasteiger partial charge is 0.0711 e. The van der Waals surface area contributed by atoms with Gasteiger partial charge in [-0.05, 0) is 48.9 Å². The van der Waals surface area contributed by atoms with E-state index in [1.54, 1.807) is 0 Å². The summed E-state index contributed by atoms with van der Waals surface area (Å²) in [5, 5.41) is 10.8. The lowest BCUT2D eigenvalue weighted by Gasteiger charge is -2.42. The number of rotatable bonds is 6. The fourth-order valence-corrected chi connectivity index (χ4v) is 3.33. The van der Waals surface area contributed by atoms with Crippen LogP contribution < -0.4 is 0 Å². The van der Waals surface area contributed by atoms with E-state index in [-0.39, 0.29) is 12.1 Å². The molecule has 2 aromatic carbocycles. The first-order valence-corrected chi connectivity index (χ1v) is 8.14. The molecule has 0 spiro atoms. The van der Waals surface area contributed by atoms with Gasteiger partial charge in [0, 0.05) is 16.6 Å². The van der Waals surface area contributed by atoms with Crippen LogP contribution in [-0.4, -0.2) is 30.2 Å². The van der Waals surface area contributed by atoms with Gasteiger partial charge in [0.15, 0.2) is 0 Å². The van der Waals surface area contributed by atoms with Crippen LogP contribution in [-0.2, 0) is 5.54 Å². The van der Waals surface area contributed by atoms with Gasteiger partial charge < -0.3 is 5.11 Å². The van der Waals surface area contributed by atoms with Gasteiger partial charge in [0.25, 0.3) is 0 Å². The van der Waals surface area contributed by atoms with Crippen molar-refractivity contribution in [3.63, 3.8) is 0 Å². The zero-order chi connectivity index (χ0) is 16.2. The average molecular weight is 338 g/mol. The molecule has 0 aliphatic carbocycles. The Balaban J connectivity index is 2.60. The van der Waals surface area contributed by atoms with Crippen molar-refractivity contribution in [1.82, 2.24) is 4.90 Å². The SMILES string of the molecule is CCC(c1ccc(Cl)cc1)(c1ccc(Cl)cc1)N(C)CCO. The van der Waals surface area contributed by atoms with Crippen LogP contribution in [0.25, 0.3) is 0 Å². The zero-order valence-electron chi connectivity index (χ0n) is 12.9. The first-order valence-electron chi connectivity index (χ1n) is 7.38. The maximum absolute atomic E-state index is 9.39. The minimum Gasteiger partial charge on any atom is -0.395 e. The number of hydrogen-bond donors (Lipinski definition) is 1. The normalized spacial score (nSPS) is 11.9. The van der Waals surface area contributed by atoms with Gasteiger partial charge in [-0.3, -0.25) is 4.90 Å². The van der Waals surface area contributed by atoms with Crippen LogP contribution in [0.5, 0.6) is 0 Å². The van der Waals surface area contributed by atoms with E-state index < -0.39 is 0 Å². The largest absolute Gasteiger partial charge is 0.395 e. The van der Waals surface area contributed by atoms with E-state index in [0.29, 0.717) is 6.54 Å². The van der Waals surface area contributed by atoms with Crippen LogP contribution in [0, 0.1) is 0 Å². The van der Waals surface area contributed by atoms with Gasteiger partial charge in [-0.1, -0.05) is 54.4 Å². The minimum absolute atomic E-state index is 0.111. The Hall–Kier alpha value is -1.06. The molecule has 22 heavy (non-hydrogen) atoms. The van der Waals surface area contributed by atoms with Crippen LogP contribution in [0.2, 0.25) is 10.0 Å². The molecule has 2 nitrogen and oxygen atoms in total. The standard InChI is InChI=1S/C18H21Cl2NO/c1-3-18(21(2)12-13-22,14-4-8-16(19)9-5-14)15-6-10-17(20)11-7-15/h4-11,22H,3,12-13H2,1-2H3. The highest BCUT2D eigenvalue weighted by molar-refractivity contribution is 6.30. The van der Waals surface area contributed by atoms with Gasteiger partial charge >= 0.3 is 0 Å². The molecule has 4 heteroatoms. The van der Waals surface area contributed by atoms with E-state index in [2.05, 4.69) is 11.8 Å². The molecule has 2 aromatic rings. The molecule has 0 saturated carbocycles. The fourth-order valence-electron chi connectivity index (χ4n) is 3.08. The molecule has 2 rings (SSSR count). The predicted molar refractivity (Wildman–Crippen MR) is 93.7 cm³/mol. The van der Waals surface area contributed by atoms with Gasteiger partial charge in [0.05, 0.1) is 12.1 Å². The number of halogens is 2. The Bertz CT molecular complexity index is 550. The van der Waals surface area contributed by atoms with Gasteiger partial charge in [0.1, 0.15) is 0 Å². The molecule has 0 saturated heterocycles. The third-order valence-corrected chi connectivity index (χ3v) is 4.75. The second-order valence-corrected chi connectivity index (χ2v) is 6.25. The molecule has 0 atom stereocenters. The van der Waals surface area contributed by atoms with E-state index in [4.69, 9.17) is 23.2 Å². The molecule has 0 heterocycles. The topological polar surface area (TPSA) is 23.5 Å². The van der Waals surface area contributed by atoms with Crippen LogP contribution in [0.15, 0.2) is 48.5 Å². The zero-order valence-corrected chi connectivity index (χ0v) is 14.4. The quantitative estimate of drug-likeness (QED) is 0.834. The van der Waals surface area contributed by atoms with Crippen molar-refractivity contribution < 1.29 is 5.11 Å². The fraction of sp³-hybridized carbons (Fsp3) is 0.333. The van der Waals surface area contributed by atoms with Crippen molar-refractivity contribution in [3.8, 4) is 0 Å². The Kier molecular flexibility index (Phi) is 5.87. The van der Waals surface area contributed by atoms with Gasteiger partial charge in [-0.2, -0.15) is 0 Å². The summed E-state index contributed by atoms with van der Waals surface area (Å²) >= 11 is 12.1. The summed E-state index contributed by atoms with van der Waals surface area (Å²) in [6, 6.07) is 15.8. The molecule has 0 radical (unpaired) electrons. The van der Waals surface area contributed by atoms with Crippen molar-refractivity contribution in [2.75, 3.05) is 20.2 Å². The Morgan fingerprint density at radius 3 is 1.64 bits per heavy atom. The number of benzene rings is 2. The highest BCUT2D eigenvalue weighted by Crippen LogP contribution is 2.39. The van der Waals surface area contributed by atoms with Gasteiger partial charge in [0.2, 0.25) is 0 Å². The Labute approximate surface area is 142 Å². The second-order valence-electron chi connectivity index (χ2n) is 5.37. The minimum atomic E-state index is -0.322. The first kappa shape index (κ1) is 17.3. The number of likely N-dealkylation sites (N-methyl/N-ethyl adjacent to an activating group) is 1. The number of aliphatic hydroxyl groups is 1. The summed E-state index contributed by atoms with van der Waals surface area (Å²) in [4.78, 5) is 2.18. The summed E-state index contributed by atoms with van der Waals surface area (Å²) in [6.45, 7) is 2.84. The highest BCUT2D eigenvalue weighted by Gasteiger charge is 2.36. The number of hydrogen-bond acceptors (Lipinski definition) is 2. The number of aliphatic hydroxyl groups excluding tert-OH is 1. The lowest BCUT2D eigenvalue weighted by atomic mass is 9.79. The Morgan fingerprint density at radius 1 is 0.909 bits per heavy atom. The van der Waals surface area contributed by atoms with E-state index in [1.165, 1.54) is 0 Å². The second kappa shape index (κ2) is 7.47. The van der Waals surface area contributed by atoms with Crippen molar-refractivity contribution >= 4 is 23.2 Å². The molecular formula is C18H21Cl2NO. The van der Waals surface area contributed by atoms with Crippen LogP contribution >= 0.6 is 23.2 Å². The lowest BCUT2D eigenvalue weighted by molar-refractivity contribution is 0.120. The maximum Gasteiger partial charge on any atom is 0.0711 e. The van der Waals surface area contributed by atoms with Gasteiger partial charge in [-0.15, -0.1) is 0 Å².